The Labute approximate surface area is 113 Å². The van der Waals surface area contributed by atoms with Crippen LogP contribution < -0.4 is 5.32 Å². The summed E-state index contributed by atoms with van der Waals surface area (Å²) in [6, 6.07) is 11.7. The van der Waals surface area contributed by atoms with E-state index in [1.54, 1.807) is 0 Å². The third kappa shape index (κ3) is 3.99. The molecule has 0 radical (unpaired) electrons. The number of rotatable bonds is 3. The molecule has 0 saturated heterocycles. The first-order valence-corrected chi connectivity index (χ1v) is 6.66. The fourth-order valence-electron chi connectivity index (χ4n) is 2.37. The normalized spacial score (nSPS) is 22.3. The lowest BCUT2D eigenvalue weighted by molar-refractivity contribution is 0.130. The van der Waals surface area contributed by atoms with Crippen LogP contribution >= 0.6 is 0 Å². The molecule has 2 atom stereocenters. The number of hydrogen-bond acceptors (Lipinski definition) is 3. The molecule has 1 aliphatic rings. The molecule has 1 amide bonds. The second-order valence-electron chi connectivity index (χ2n) is 4.83. The first-order valence-electron chi connectivity index (χ1n) is 6.66. The van der Waals surface area contributed by atoms with Gasteiger partial charge >= 0.3 is 6.09 Å². The number of carbonyl (C=O) groups is 1. The lowest BCUT2D eigenvalue weighted by Gasteiger charge is -2.27. The summed E-state index contributed by atoms with van der Waals surface area (Å²) >= 11 is 0. The number of nitrogens with one attached hydrogen (secondary N) is 1. The summed E-state index contributed by atoms with van der Waals surface area (Å²) in [4.78, 5) is 11.7. The quantitative estimate of drug-likeness (QED) is 0.906. The van der Waals surface area contributed by atoms with Gasteiger partial charge in [0.2, 0.25) is 0 Å². The Kier molecular flexibility index (Phi) is 4.79. The predicted octanol–water partition coefficient (Wildman–Crippen LogP) is 3.00. The largest absolute Gasteiger partial charge is 0.445 e. The topological polar surface area (TPSA) is 62.1 Å². The minimum atomic E-state index is -0.434. The standard InChI is InChI=1S/C15H18N2O2/c16-10-13-8-4-5-9-14(13)17-15(18)19-11-12-6-2-1-3-7-12/h1-3,6-7,13-14H,4-5,8-9,11H2,(H,17,18). The van der Waals surface area contributed by atoms with Crippen LogP contribution in [0.25, 0.3) is 0 Å². The van der Waals surface area contributed by atoms with Crippen molar-refractivity contribution in [2.75, 3.05) is 0 Å². The molecule has 1 N–H and O–H groups in total. The van der Waals surface area contributed by atoms with Gasteiger partial charge in [-0.2, -0.15) is 5.26 Å². The highest BCUT2D eigenvalue weighted by Crippen LogP contribution is 2.23. The second-order valence-corrected chi connectivity index (χ2v) is 4.83. The van der Waals surface area contributed by atoms with Crippen LogP contribution in [0.2, 0.25) is 0 Å². The molecular formula is C15H18N2O2. The fraction of sp³-hybridized carbons (Fsp3) is 0.467. The first-order chi connectivity index (χ1) is 9.29. The molecule has 100 valence electrons. The van der Waals surface area contributed by atoms with Gasteiger partial charge < -0.3 is 10.1 Å². The van der Waals surface area contributed by atoms with E-state index >= 15 is 0 Å². The lowest BCUT2D eigenvalue weighted by Crippen LogP contribution is -2.41. The minimum absolute atomic E-state index is 0.0676. The van der Waals surface area contributed by atoms with Gasteiger partial charge in [-0.05, 0) is 18.4 Å². The van der Waals surface area contributed by atoms with Crippen molar-refractivity contribution in [3.63, 3.8) is 0 Å². The number of amides is 1. The molecule has 1 aromatic rings. The summed E-state index contributed by atoms with van der Waals surface area (Å²) in [7, 11) is 0. The molecule has 1 saturated carbocycles. The summed E-state index contributed by atoms with van der Waals surface area (Å²) in [5, 5.41) is 11.8. The Bertz CT molecular complexity index is 453. The van der Waals surface area contributed by atoms with Crippen LogP contribution in [-0.4, -0.2) is 12.1 Å². The SMILES string of the molecule is N#CC1CCCCC1NC(=O)OCc1ccccc1. The third-order valence-electron chi connectivity index (χ3n) is 3.45. The van der Waals surface area contributed by atoms with E-state index in [0.29, 0.717) is 0 Å². The fourth-order valence-corrected chi connectivity index (χ4v) is 2.37. The van der Waals surface area contributed by atoms with Crippen LogP contribution in [0.4, 0.5) is 4.79 Å². The zero-order chi connectivity index (χ0) is 13.5. The van der Waals surface area contributed by atoms with Gasteiger partial charge in [0.05, 0.1) is 12.0 Å². The molecule has 4 nitrogen and oxygen atoms in total. The number of nitrogens with zero attached hydrogens (tertiary/aromatic N) is 1. The van der Waals surface area contributed by atoms with Crippen molar-refractivity contribution in [3.05, 3.63) is 35.9 Å². The molecule has 0 aromatic heterocycles. The van der Waals surface area contributed by atoms with Crippen molar-refractivity contribution in [1.29, 1.82) is 5.26 Å². The van der Waals surface area contributed by atoms with Gasteiger partial charge in [0.15, 0.2) is 0 Å². The maximum absolute atomic E-state index is 11.7. The molecule has 0 aliphatic heterocycles. The average Bonchev–Trinajstić information content (AvgIpc) is 2.47. The second kappa shape index (κ2) is 6.79. The van der Waals surface area contributed by atoms with Crippen molar-refractivity contribution in [2.24, 2.45) is 5.92 Å². The maximum Gasteiger partial charge on any atom is 0.407 e. The number of alkyl carbamates (subject to hydrolysis) is 1. The molecule has 1 aliphatic carbocycles. The Morgan fingerprint density at radius 1 is 1.32 bits per heavy atom. The molecular weight excluding hydrogens is 240 g/mol. The van der Waals surface area contributed by atoms with Crippen LogP contribution in [0.15, 0.2) is 30.3 Å². The minimum Gasteiger partial charge on any atom is -0.445 e. The van der Waals surface area contributed by atoms with E-state index in [1.165, 1.54) is 0 Å². The maximum atomic E-state index is 11.7. The Hall–Kier alpha value is -2.02. The zero-order valence-corrected chi connectivity index (χ0v) is 10.8. The number of hydrogen-bond donors (Lipinski definition) is 1. The van der Waals surface area contributed by atoms with Crippen LogP contribution in [0, 0.1) is 17.2 Å². The van der Waals surface area contributed by atoms with Gasteiger partial charge in [-0.3, -0.25) is 0 Å². The van der Waals surface area contributed by atoms with Gasteiger partial charge in [-0.25, -0.2) is 4.79 Å². The monoisotopic (exact) mass is 258 g/mol. The van der Waals surface area contributed by atoms with E-state index in [9.17, 15) is 4.79 Å². The van der Waals surface area contributed by atoms with Crippen LogP contribution in [0.1, 0.15) is 31.2 Å². The summed E-state index contributed by atoms with van der Waals surface area (Å²) in [6.07, 6.45) is 3.41. The summed E-state index contributed by atoms with van der Waals surface area (Å²) < 4.78 is 5.16. The molecule has 2 rings (SSSR count). The van der Waals surface area contributed by atoms with Crippen molar-refractivity contribution < 1.29 is 9.53 Å². The van der Waals surface area contributed by atoms with Gasteiger partial charge in [0.25, 0.3) is 0 Å². The highest BCUT2D eigenvalue weighted by Gasteiger charge is 2.26. The zero-order valence-electron chi connectivity index (χ0n) is 10.8. The van der Waals surface area contributed by atoms with Gasteiger partial charge in [0, 0.05) is 6.04 Å². The molecule has 1 fully saturated rings. The third-order valence-corrected chi connectivity index (χ3v) is 3.45. The molecule has 19 heavy (non-hydrogen) atoms. The predicted molar refractivity (Wildman–Crippen MR) is 71.1 cm³/mol. The number of nitriles is 1. The van der Waals surface area contributed by atoms with Gasteiger partial charge in [-0.15, -0.1) is 0 Å². The van der Waals surface area contributed by atoms with E-state index in [0.717, 1.165) is 31.2 Å². The highest BCUT2D eigenvalue weighted by atomic mass is 16.5. The summed E-state index contributed by atoms with van der Waals surface area (Å²) in [5.74, 6) is -0.0852. The summed E-state index contributed by atoms with van der Waals surface area (Å²) in [5.41, 5.74) is 0.957. The number of benzene rings is 1. The number of carbonyl (C=O) groups excluding carboxylic acids is 1. The van der Waals surface area contributed by atoms with Crippen LogP contribution in [0.5, 0.6) is 0 Å². The van der Waals surface area contributed by atoms with E-state index in [1.807, 2.05) is 30.3 Å². The van der Waals surface area contributed by atoms with Crippen LogP contribution in [0.3, 0.4) is 0 Å². The molecule has 4 heteroatoms. The van der Waals surface area contributed by atoms with Crippen molar-refractivity contribution in [1.82, 2.24) is 5.32 Å². The molecule has 0 spiro atoms. The van der Waals surface area contributed by atoms with Crippen molar-refractivity contribution in [3.8, 4) is 6.07 Å². The smallest absolute Gasteiger partial charge is 0.407 e. The van der Waals surface area contributed by atoms with E-state index < -0.39 is 6.09 Å². The van der Waals surface area contributed by atoms with Crippen molar-refractivity contribution in [2.45, 2.75) is 38.3 Å². The Morgan fingerprint density at radius 2 is 2.05 bits per heavy atom. The highest BCUT2D eigenvalue weighted by molar-refractivity contribution is 5.67. The molecule has 0 bridgehead atoms. The van der Waals surface area contributed by atoms with E-state index in [2.05, 4.69) is 11.4 Å². The van der Waals surface area contributed by atoms with E-state index in [-0.39, 0.29) is 18.6 Å². The Balaban J connectivity index is 1.79. The summed E-state index contributed by atoms with van der Waals surface area (Å²) in [6.45, 7) is 0.261. The number of ether oxygens (including phenoxy) is 1. The van der Waals surface area contributed by atoms with E-state index in [4.69, 9.17) is 10.00 Å². The Morgan fingerprint density at radius 3 is 2.79 bits per heavy atom. The molecule has 0 heterocycles. The molecule has 2 unspecified atom stereocenters. The first kappa shape index (κ1) is 13.4. The molecule has 1 aromatic carbocycles. The van der Waals surface area contributed by atoms with Crippen LogP contribution in [-0.2, 0) is 11.3 Å². The van der Waals surface area contributed by atoms with Crippen molar-refractivity contribution >= 4 is 6.09 Å². The lowest BCUT2D eigenvalue weighted by atomic mass is 9.86. The average molecular weight is 258 g/mol. The van der Waals surface area contributed by atoms with Gasteiger partial charge in [0.1, 0.15) is 6.61 Å². The van der Waals surface area contributed by atoms with Gasteiger partial charge in [-0.1, -0.05) is 43.2 Å².